The highest BCUT2D eigenvalue weighted by atomic mass is 79.9. The monoisotopic (exact) mass is 500 g/mol. The second-order valence-corrected chi connectivity index (χ2v) is 8.31. The van der Waals surface area contributed by atoms with Gasteiger partial charge in [-0.3, -0.25) is 0 Å². The first-order valence-electron chi connectivity index (χ1n) is 8.94. The summed E-state index contributed by atoms with van der Waals surface area (Å²) < 4.78 is 28.8. The molecule has 0 unspecified atom stereocenters. The van der Waals surface area contributed by atoms with Gasteiger partial charge in [-0.15, -0.1) is 0 Å². The van der Waals surface area contributed by atoms with Crippen LogP contribution in [0.25, 0.3) is 11.1 Å². The number of carbonyl (C=O) groups excluding carboxylic acids is 1. The van der Waals surface area contributed by atoms with Crippen molar-refractivity contribution in [2.75, 3.05) is 11.8 Å². The molecular weight excluding hydrogens is 487 g/mol. The summed E-state index contributed by atoms with van der Waals surface area (Å²) in [5.74, 6) is -1.29. The molecule has 1 aliphatic rings. The van der Waals surface area contributed by atoms with Crippen LogP contribution in [0.5, 0.6) is 11.5 Å². The van der Waals surface area contributed by atoms with E-state index in [-0.39, 0.29) is 23.7 Å². The maximum absolute atomic E-state index is 14.9. The summed E-state index contributed by atoms with van der Waals surface area (Å²) >= 11 is 4.22. The number of phenols is 1. The second kappa shape index (κ2) is 8.49. The van der Waals surface area contributed by atoms with E-state index in [2.05, 4.69) is 26.7 Å². The number of halogens is 2. The normalized spacial score (nSPS) is 12.8. The lowest BCUT2D eigenvalue weighted by atomic mass is 9.97. The third kappa shape index (κ3) is 4.04. The van der Waals surface area contributed by atoms with Crippen molar-refractivity contribution in [1.82, 2.24) is 0 Å². The van der Waals surface area contributed by atoms with Crippen LogP contribution in [0.3, 0.4) is 0 Å². The van der Waals surface area contributed by atoms with Crippen LogP contribution in [-0.4, -0.2) is 18.2 Å². The van der Waals surface area contributed by atoms with Gasteiger partial charge in [0.1, 0.15) is 12.4 Å². The summed E-state index contributed by atoms with van der Waals surface area (Å²) in [5.41, 5.74) is 2.57. The lowest BCUT2D eigenvalue weighted by molar-refractivity contribution is 0.0473. The highest BCUT2D eigenvalue weighted by Gasteiger charge is 2.20. The van der Waals surface area contributed by atoms with Crippen LogP contribution in [0, 0.1) is 17.1 Å². The van der Waals surface area contributed by atoms with Gasteiger partial charge >= 0.3 is 5.97 Å². The highest BCUT2D eigenvalue weighted by molar-refractivity contribution is 9.10. The van der Waals surface area contributed by atoms with Gasteiger partial charge in [0.15, 0.2) is 11.6 Å². The number of aromatic hydroxyl groups is 1. The summed E-state index contributed by atoms with van der Waals surface area (Å²) in [6.07, 6.45) is 0. The van der Waals surface area contributed by atoms with Crippen molar-refractivity contribution in [3.05, 3.63) is 69.4 Å². The van der Waals surface area contributed by atoms with Crippen molar-refractivity contribution in [2.24, 2.45) is 0 Å². The van der Waals surface area contributed by atoms with E-state index in [1.54, 1.807) is 24.3 Å². The first-order valence-corrected chi connectivity index (χ1v) is 10.6. The molecule has 4 bridgehead atoms. The fourth-order valence-corrected chi connectivity index (χ4v) is 4.53. The highest BCUT2D eigenvalue weighted by Crippen LogP contribution is 2.41. The summed E-state index contributed by atoms with van der Waals surface area (Å²) in [4.78, 5) is 13.0. The molecule has 0 amide bonds. The molecule has 3 aromatic rings. The van der Waals surface area contributed by atoms with Gasteiger partial charge in [0.25, 0.3) is 0 Å². The van der Waals surface area contributed by atoms with Gasteiger partial charge in [0.05, 0.1) is 39.4 Å². The predicted octanol–water partition coefficient (Wildman–Crippen LogP) is 5.63. The summed E-state index contributed by atoms with van der Waals surface area (Å²) in [5, 5.41) is 19.7. The Labute approximate surface area is 189 Å². The van der Waals surface area contributed by atoms with E-state index in [1.165, 1.54) is 25.3 Å². The number of benzene rings is 3. The van der Waals surface area contributed by atoms with Crippen LogP contribution in [0.1, 0.15) is 21.5 Å². The smallest absolute Gasteiger partial charge is 0.338 e. The number of esters is 1. The number of anilines is 1. The van der Waals surface area contributed by atoms with Crippen molar-refractivity contribution >= 4 is 39.5 Å². The fourth-order valence-electron chi connectivity index (χ4n) is 3.18. The molecule has 0 atom stereocenters. The minimum atomic E-state index is -0.609. The Morgan fingerprint density at radius 3 is 2.81 bits per heavy atom. The molecule has 6 nitrogen and oxygen atoms in total. The van der Waals surface area contributed by atoms with E-state index < -0.39 is 11.8 Å². The number of cyclic esters (lactones) is 1. The van der Waals surface area contributed by atoms with Gasteiger partial charge in [-0.1, -0.05) is 6.07 Å². The van der Waals surface area contributed by atoms with Gasteiger partial charge in [-0.2, -0.15) is 5.26 Å². The molecule has 1 aliphatic heterocycles. The SMILES string of the molecule is COc1c(F)cc2cc1NSc1cc(cc(Br)c1O)C(=O)OCc1ccc(C#N)cc1-2. The van der Waals surface area contributed by atoms with Crippen molar-refractivity contribution < 1.29 is 23.8 Å². The van der Waals surface area contributed by atoms with E-state index in [0.29, 0.717) is 37.3 Å². The molecule has 0 spiro atoms. The standard InChI is InChI=1S/C22H14BrFN2O4S/c1-29-21-17(24)6-13-7-18(21)26-31-19-8-14(5-16(23)20(19)27)22(28)30-10-12-3-2-11(9-25)4-15(12)13/h2-8,26-27H,10H2,1H3. The Balaban J connectivity index is 1.94. The molecule has 4 rings (SSSR count). The molecule has 0 fully saturated rings. The Kier molecular flexibility index (Phi) is 5.76. The molecule has 31 heavy (non-hydrogen) atoms. The van der Waals surface area contributed by atoms with Crippen LogP contribution >= 0.6 is 27.9 Å². The summed E-state index contributed by atoms with van der Waals surface area (Å²) in [7, 11) is 1.35. The first-order chi connectivity index (χ1) is 14.9. The molecule has 0 saturated heterocycles. The number of methoxy groups -OCH3 is 1. The Morgan fingerprint density at radius 2 is 2.06 bits per heavy atom. The van der Waals surface area contributed by atoms with Crippen LogP contribution in [0.15, 0.2) is 51.8 Å². The van der Waals surface area contributed by atoms with E-state index >= 15 is 0 Å². The minimum Gasteiger partial charge on any atom is -0.506 e. The number of rotatable bonds is 1. The fraction of sp³-hybridized carbons (Fsp3) is 0.0909. The Morgan fingerprint density at radius 1 is 1.26 bits per heavy atom. The van der Waals surface area contributed by atoms with Gasteiger partial charge in [-0.25, -0.2) is 9.18 Å². The molecule has 2 N–H and O–H groups in total. The maximum atomic E-state index is 14.9. The minimum absolute atomic E-state index is 0.00820. The van der Waals surface area contributed by atoms with Crippen molar-refractivity contribution in [3.63, 3.8) is 0 Å². The second-order valence-electron chi connectivity index (χ2n) is 6.61. The molecule has 0 aromatic heterocycles. The lowest BCUT2D eigenvalue weighted by Gasteiger charge is -2.15. The van der Waals surface area contributed by atoms with Crippen molar-refractivity contribution in [3.8, 4) is 28.7 Å². The third-order valence-corrected chi connectivity index (χ3v) is 6.15. The van der Waals surface area contributed by atoms with Gasteiger partial charge in [0.2, 0.25) is 0 Å². The first kappa shape index (κ1) is 21.0. The van der Waals surface area contributed by atoms with E-state index in [1.807, 2.05) is 0 Å². The van der Waals surface area contributed by atoms with Crippen LogP contribution in [0.4, 0.5) is 10.1 Å². The van der Waals surface area contributed by atoms with E-state index in [0.717, 1.165) is 11.9 Å². The Bertz CT molecular complexity index is 1260. The van der Waals surface area contributed by atoms with Gasteiger partial charge in [0, 0.05) is 0 Å². The molecule has 0 saturated carbocycles. The van der Waals surface area contributed by atoms with Crippen LogP contribution < -0.4 is 9.46 Å². The van der Waals surface area contributed by atoms with Crippen molar-refractivity contribution in [1.29, 1.82) is 5.26 Å². The number of fused-ring (bicyclic) bond motifs is 6. The van der Waals surface area contributed by atoms with E-state index in [9.17, 15) is 19.6 Å². The molecule has 156 valence electrons. The van der Waals surface area contributed by atoms with Crippen molar-refractivity contribution in [2.45, 2.75) is 11.5 Å². The average Bonchev–Trinajstić information content (AvgIpc) is 2.77. The topological polar surface area (TPSA) is 91.6 Å². The van der Waals surface area contributed by atoms with Crippen LogP contribution in [-0.2, 0) is 11.3 Å². The number of nitrogens with zero attached hydrogens (tertiary/aromatic N) is 1. The summed E-state index contributed by atoms with van der Waals surface area (Å²) in [6.45, 7) is -0.0861. The number of nitrogens with one attached hydrogen (secondary N) is 1. The number of nitriles is 1. The van der Waals surface area contributed by atoms with Gasteiger partial charge in [-0.05, 0) is 81.0 Å². The van der Waals surface area contributed by atoms with Gasteiger partial charge < -0.3 is 19.3 Å². The number of hydrogen-bond donors (Lipinski definition) is 2. The largest absolute Gasteiger partial charge is 0.506 e. The zero-order valence-corrected chi connectivity index (χ0v) is 18.4. The molecular formula is C22H14BrFN2O4S. The molecule has 9 heteroatoms. The average molecular weight is 501 g/mol. The maximum Gasteiger partial charge on any atom is 0.338 e. The number of ether oxygens (including phenoxy) is 2. The molecule has 0 radical (unpaired) electrons. The lowest BCUT2D eigenvalue weighted by Crippen LogP contribution is -2.06. The number of carbonyl (C=O) groups is 1. The predicted molar refractivity (Wildman–Crippen MR) is 118 cm³/mol. The number of hydrogen-bond acceptors (Lipinski definition) is 7. The zero-order valence-electron chi connectivity index (χ0n) is 16.0. The zero-order chi connectivity index (χ0) is 22.1. The number of phenolic OH excluding ortho intramolecular Hbond substituents is 1. The molecule has 1 heterocycles. The summed E-state index contributed by atoms with van der Waals surface area (Å²) in [6, 6.07) is 12.9. The van der Waals surface area contributed by atoms with Crippen LogP contribution in [0.2, 0.25) is 0 Å². The molecule has 0 aliphatic carbocycles. The van der Waals surface area contributed by atoms with E-state index in [4.69, 9.17) is 9.47 Å². The third-order valence-electron chi connectivity index (χ3n) is 4.69. The molecule has 3 aromatic carbocycles. The quantitative estimate of drug-likeness (QED) is 0.330. The Hall–Kier alpha value is -3.22.